The maximum Gasteiger partial charge on any atom is 0.271 e. The predicted molar refractivity (Wildman–Crippen MR) is 114 cm³/mol. The third-order valence-corrected chi connectivity index (χ3v) is 7.06. The average Bonchev–Trinajstić information content (AvgIpc) is 3.14. The normalized spacial score (nSPS) is 19.0. The van der Waals surface area contributed by atoms with E-state index in [2.05, 4.69) is 36.4 Å². The molecule has 29 heavy (non-hydrogen) atoms. The maximum absolute atomic E-state index is 12.3. The molecule has 1 N–H and O–H groups in total. The van der Waals surface area contributed by atoms with Crippen LogP contribution in [-0.2, 0) is 15.3 Å². The van der Waals surface area contributed by atoms with Gasteiger partial charge in [-0.3, -0.25) is 9.48 Å². The van der Waals surface area contributed by atoms with Crippen LogP contribution in [0.5, 0.6) is 0 Å². The number of hydrogen-bond donors (Lipinski definition) is 1. The minimum Gasteiger partial charge on any atom is -0.267 e. The van der Waals surface area contributed by atoms with Gasteiger partial charge in [0, 0.05) is 16.8 Å². The average molecular weight is 417 g/mol. The van der Waals surface area contributed by atoms with E-state index in [-0.39, 0.29) is 28.9 Å². The van der Waals surface area contributed by atoms with E-state index in [0.29, 0.717) is 12.0 Å². The molecule has 8 heteroatoms. The SMILES string of the molecule is Cc1nn([C@@H]2CCS(=O)(=O)C2)c(C)c1/C=N\NC(=O)c1ccc(C(C)(C)C)cc1. The van der Waals surface area contributed by atoms with Gasteiger partial charge in [-0.05, 0) is 43.4 Å². The molecular formula is C21H28N4O3S. The van der Waals surface area contributed by atoms with Gasteiger partial charge in [-0.1, -0.05) is 32.9 Å². The standard InChI is InChI=1S/C21H28N4O3S/c1-14-19(15(2)25(24-14)18-10-11-29(27,28)13-18)12-22-23-20(26)16-6-8-17(9-7-16)21(3,4)5/h6-9,12,18H,10-11,13H2,1-5H3,(H,23,26)/b22-12-/t18-/m1/s1. The van der Waals surface area contributed by atoms with Gasteiger partial charge in [0.25, 0.3) is 5.91 Å². The number of hydrogen-bond acceptors (Lipinski definition) is 5. The summed E-state index contributed by atoms with van der Waals surface area (Å²) in [5, 5.41) is 8.58. The van der Waals surface area contributed by atoms with E-state index in [4.69, 9.17) is 0 Å². The largest absolute Gasteiger partial charge is 0.271 e. The number of benzene rings is 1. The highest BCUT2D eigenvalue weighted by Gasteiger charge is 2.31. The van der Waals surface area contributed by atoms with Crippen molar-refractivity contribution >= 4 is 22.0 Å². The van der Waals surface area contributed by atoms with Crippen LogP contribution in [0, 0.1) is 13.8 Å². The Bertz CT molecular complexity index is 1040. The Morgan fingerprint density at radius 1 is 1.24 bits per heavy atom. The molecule has 0 bridgehead atoms. The van der Waals surface area contributed by atoms with Crippen molar-refractivity contribution in [2.75, 3.05) is 11.5 Å². The molecule has 1 fully saturated rings. The van der Waals surface area contributed by atoms with Gasteiger partial charge in [0.05, 0.1) is 29.5 Å². The van der Waals surface area contributed by atoms with Gasteiger partial charge >= 0.3 is 0 Å². The fourth-order valence-electron chi connectivity index (χ4n) is 3.53. The van der Waals surface area contributed by atoms with Crippen LogP contribution < -0.4 is 5.43 Å². The highest BCUT2D eigenvalue weighted by molar-refractivity contribution is 7.91. The van der Waals surface area contributed by atoms with Crippen molar-refractivity contribution in [1.29, 1.82) is 0 Å². The molecule has 3 rings (SSSR count). The molecule has 1 amide bonds. The van der Waals surface area contributed by atoms with Gasteiger partial charge in [-0.15, -0.1) is 0 Å². The number of nitrogens with zero attached hydrogens (tertiary/aromatic N) is 3. The fraction of sp³-hybridized carbons (Fsp3) is 0.476. The molecule has 1 aromatic heterocycles. The Morgan fingerprint density at radius 3 is 2.45 bits per heavy atom. The number of carbonyl (C=O) groups is 1. The van der Waals surface area contributed by atoms with E-state index < -0.39 is 9.84 Å². The van der Waals surface area contributed by atoms with Crippen molar-refractivity contribution in [3.8, 4) is 0 Å². The molecule has 1 aromatic carbocycles. The molecule has 0 unspecified atom stereocenters. The van der Waals surface area contributed by atoms with E-state index in [1.165, 1.54) is 0 Å². The molecule has 1 aliphatic rings. The Hall–Kier alpha value is -2.48. The second kappa shape index (κ2) is 7.74. The lowest BCUT2D eigenvalue weighted by Gasteiger charge is -2.18. The molecule has 0 radical (unpaired) electrons. The first-order valence-electron chi connectivity index (χ1n) is 9.68. The molecule has 0 spiro atoms. The van der Waals surface area contributed by atoms with Crippen molar-refractivity contribution < 1.29 is 13.2 Å². The third kappa shape index (κ3) is 4.75. The molecule has 1 atom stereocenters. The molecule has 2 heterocycles. The molecule has 0 saturated carbocycles. The van der Waals surface area contributed by atoms with Crippen LogP contribution in [0.1, 0.15) is 66.1 Å². The maximum atomic E-state index is 12.3. The monoisotopic (exact) mass is 416 g/mol. The zero-order valence-corrected chi connectivity index (χ0v) is 18.4. The lowest BCUT2D eigenvalue weighted by molar-refractivity contribution is 0.0955. The van der Waals surface area contributed by atoms with E-state index >= 15 is 0 Å². The van der Waals surface area contributed by atoms with Crippen LogP contribution in [0.4, 0.5) is 0 Å². The molecule has 1 aliphatic heterocycles. The van der Waals surface area contributed by atoms with Crippen LogP contribution in [0.2, 0.25) is 0 Å². The minimum absolute atomic E-state index is 0.0288. The number of carbonyl (C=O) groups excluding carboxylic acids is 1. The number of rotatable bonds is 4. The summed E-state index contributed by atoms with van der Waals surface area (Å²) in [6, 6.07) is 7.34. The van der Waals surface area contributed by atoms with Crippen LogP contribution >= 0.6 is 0 Å². The zero-order valence-electron chi connectivity index (χ0n) is 17.6. The van der Waals surface area contributed by atoms with Crippen LogP contribution in [0.3, 0.4) is 0 Å². The number of sulfone groups is 1. The summed E-state index contributed by atoms with van der Waals surface area (Å²) in [5.41, 5.74) is 6.66. The van der Waals surface area contributed by atoms with Crippen molar-refractivity contribution in [2.45, 2.75) is 52.5 Å². The zero-order chi connectivity index (χ0) is 21.4. The first kappa shape index (κ1) is 21.2. The summed E-state index contributed by atoms with van der Waals surface area (Å²) in [5.74, 6) is 0.0300. The van der Waals surface area contributed by atoms with E-state index in [1.807, 2.05) is 26.0 Å². The van der Waals surface area contributed by atoms with Gasteiger partial charge in [0.1, 0.15) is 0 Å². The summed E-state index contributed by atoms with van der Waals surface area (Å²) in [4.78, 5) is 12.3. The molecule has 156 valence electrons. The van der Waals surface area contributed by atoms with Crippen LogP contribution in [0.25, 0.3) is 0 Å². The number of nitrogens with one attached hydrogen (secondary N) is 1. The van der Waals surface area contributed by atoms with E-state index in [9.17, 15) is 13.2 Å². The smallest absolute Gasteiger partial charge is 0.267 e. The van der Waals surface area contributed by atoms with E-state index in [0.717, 1.165) is 22.5 Å². The topological polar surface area (TPSA) is 93.4 Å². The Balaban J connectivity index is 1.70. The predicted octanol–water partition coefficient (Wildman–Crippen LogP) is 2.92. The number of hydrazone groups is 1. The summed E-state index contributed by atoms with van der Waals surface area (Å²) in [6.45, 7) is 10.1. The fourth-order valence-corrected chi connectivity index (χ4v) is 5.22. The number of aromatic nitrogens is 2. The van der Waals surface area contributed by atoms with Gasteiger partial charge in [-0.25, -0.2) is 13.8 Å². The Kier molecular flexibility index (Phi) is 5.67. The molecule has 7 nitrogen and oxygen atoms in total. The number of amides is 1. The van der Waals surface area contributed by atoms with Crippen molar-refractivity contribution in [3.63, 3.8) is 0 Å². The third-order valence-electron chi connectivity index (χ3n) is 5.31. The van der Waals surface area contributed by atoms with Crippen LogP contribution in [-0.4, -0.2) is 41.8 Å². The molecule has 2 aromatic rings. The molecular weight excluding hydrogens is 388 g/mol. The molecule has 0 aliphatic carbocycles. The first-order valence-corrected chi connectivity index (χ1v) is 11.5. The summed E-state index contributed by atoms with van der Waals surface area (Å²) in [7, 11) is -2.99. The lowest BCUT2D eigenvalue weighted by atomic mass is 9.87. The van der Waals surface area contributed by atoms with Crippen LogP contribution in [0.15, 0.2) is 29.4 Å². The minimum atomic E-state index is -2.99. The van der Waals surface area contributed by atoms with Crippen molar-refractivity contribution in [2.24, 2.45) is 5.10 Å². The number of aryl methyl sites for hydroxylation is 1. The Labute approximate surface area is 172 Å². The van der Waals surface area contributed by atoms with Crippen molar-refractivity contribution in [3.05, 3.63) is 52.3 Å². The second-order valence-electron chi connectivity index (χ2n) is 8.61. The second-order valence-corrected chi connectivity index (χ2v) is 10.8. The first-order chi connectivity index (χ1) is 13.5. The molecule has 1 saturated heterocycles. The quantitative estimate of drug-likeness (QED) is 0.613. The summed E-state index contributed by atoms with van der Waals surface area (Å²) < 4.78 is 25.3. The van der Waals surface area contributed by atoms with Gasteiger partial charge in [0.2, 0.25) is 0 Å². The van der Waals surface area contributed by atoms with Crippen molar-refractivity contribution in [1.82, 2.24) is 15.2 Å². The Morgan fingerprint density at radius 2 is 1.90 bits per heavy atom. The summed E-state index contributed by atoms with van der Waals surface area (Å²) >= 11 is 0. The van der Waals surface area contributed by atoms with Gasteiger partial charge in [0.15, 0.2) is 9.84 Å². The summed E-state index contributed by atoms with van der Waals surface area (Å²) in [6.07, 6.45) is 2.14. The lowest BCUT2D eigenvalue weighted by Crippen LogP contribution is -2.18. The highest BCUT2D eigenvalue weighted by Crippen LogP contribution is 2.26. The van der Waals surface area contributed by atoms with E-state index in [1.54, 1.807) is 23.0 Å². The highest BCUT2D eigenvalue weighted by atomic mass is 32.2. The van der Waals surface area contributed by atoms with Gasteiger partial charge < -0.3 is 0 Å². The van der Waals surface area contributed by atoms with Gasteiger partial charge in [-0.2, -0.15) is 10.2 Å².